The third kappa shape index (κ3) is 4.44. The van der Waals surface area contributed by atoms with Crippen LogP contribution in [0.15, 0.2) is 47.1 Å². The number of rotatable bonds is 8. The highest BCUT2D eigenvalue weighted by atomic mass is 16.3. The number of hydrogen-bond acceptors (Lipinski definition) is 3. The van der Waals surface area contributed by atoms with E-state index in [4.69, 9.17) is 4.42 Å². The third-order valence-corrected chi connectivity index (χ3v) is 11.5. The number of aromatic amines is 1. The molecule has 0 radical (unpaired) electrons. The van der Waals surface area contributed by atoms with Crippen LogP contribution < -0.4 is 5.32 Å². The van der Waals surface area contributed by atoms with Crippen LogP contribution in [0.4, 0.5) is 0 Å². The van der Waals surface area contributed by atoms with E-state index in [0.717, 1.165) is 42.5 Å². The summed E-state index contributed by atoms with van der Waals surface area (Å²) in [7, 11) is 0. The van der Waals surface area contributed by atoms with E-state index in [9.17, 15) is 9.59 Å². The summed E-state index contributed by atoms with van der Waals surface area (Å²) in [4.78, 5) is 33.8. The summed E-state index contributed by atoms with van der Waals surface area (Å²) in [5.41, 5.74) is 2.56. The lowest BCUT2D eigenvalue weighted by atomic mass is 9.53. The zero-order valence-electron chi connectivity index (χ0n) is 25.3. The largest absolute Gasteiger partial charge is 0.467 e. The van der Waals surface area contributed by atoms with E-state index in [1.165, 1.54) is 35.9 Å². The Bertz CT molecular complexity index is 1440. The van der Waals surface area contributed by atoms with Crippen LogP contribution in [0.25, 0.3) is 10.9 Å². The Kier molecular flexibility index (Phi) is 6.05. The molecular formula is C35H45N3O3. The quantitative estimate of drug-likeness (QED) is 0.311. The molecule has 8 rings (SSSR count). The molecule has 218 valence electrons. The topological polar surface area (TPSA) is 78.3 Å². The number of amides is 2. The second-order valence-electron chi connectivity index (χ2n) is 15.1. The van der Waals surface area contributed by atoms with Crippen LogP contribution in [0, 0.1) is 36.0 Å². The lowest BCUT2D eigenvalue weighted by molar-refractivity contribution is -0.150. The van der Waals surface area contributed by atoms with Gasteiger partial charge in [-0.1, -0.05) is 32.0 Å². The van der Waals surface area contributed by atoms with Crippen molar-refractivity contribution in [3.63, 3.8) is 0 Å². The van der Waals surface area contributed by atoms with Crippen LogP contribution in [0.3, 0.4) is 0 Å². The van der Waals surface area contributed by atoms with Crippen LogP contribution in [0.1, 0.15) is 95.6 Å². The smallest absolute Gasteiger partial charge is 0.245 e. The Morgan fingerprint density at radius 3 is 2.32 bits per heavy atom. The number of H-pyrrole nitrogens is 1. The van der Waals surface area contributed by atoms with Gasteiger partial charge in [0, 0.05) is 28.6 Å². The number of para-hydroxylation sites is 1. The number of nitrogens with one attached hydrogen (secondary N) is 2. The summed E-state index contributed by atoms with van der Waals surface area (Å²) in [6.07, 6.45) is 9.31. The second kappa shape index (κ2) is 9.24. The molecule has 6 nitrogen and oxygen atoms in total. The number of nitrogens with zero attached hydrogens (tertiary/aromatic N) is 1. The molecule has 0 spiro atoms. The van der Waals surface area contributed by atoms with Gasteiger partial charge < -0.3 is 19.6 Å². The van der Waals surface area contributed by atoms with Gasteiger partial charge in [0.1, 0.15) is 11.3 Å². The fourth-order valence-corrected chi connectivity index (χ4v) is 9.63. The summed E-state index contributed by atoms with van der Waals surface area (Å²) < 4.78 is 5.70. The zero-order chi connectivity index (χ0) is 28.7. The molecule has 5 aliphatic carbocycles. The third-order valence-electron chi connectivity index (χ3n) is 11.5. The van der Waals surface area contributed by atoms with Crippen molar-refractivity contribution < 1.29 is 14.0 Å². The first-order chi connectivity index (χ1) is 19.5. The molecule has 2 heterocycles. The van der Waals surface area contributed by atoms with E-state index in [0.29, 0.717) is 12.2 Å². The van der Waals surface area contributed by atoms with E-state index < -0.39 is 5.54 Å². The van der Waals surface area contributed by atoms with Crippen molar-refractivity contribution in [2.45, 2.75) is 103 Å². The molecule has 2 N–H and O–H groups in total. The number of fused-ring (bicyclic) bond motifs is 1. The molecule has 0 saturated heterocycles. The standard InChI is InChI=1S/C35H45N3O3/c1-21-30(26-10-6-7-11-28(26)36-21)31-27(33(31,2)3)16-29(39)38(20-25-9-8-12-41-25)34(4,5)32(40)37-35-17-22-13-23(18-35)15-24(14-22)19-35/h6-12,22-24,27,31,36H,13-20H2,1-5H3,(H,37,40)/t22?,23?,24?,27-,31+,35?/m0/s1. The molecular weight excluding hydrogens is 510 g/mol. The summed E-state index contributed by atoms with van der Waals surface area (Å²) in [6.45, 7) is 10.8. The van der Waals surface area contributed by atoms with E-state index in [-0.39, 0.29) is 41.1 Å². The number of hydrogen-bond donors (Lipinski definition) is 2. The fraction of sp³-hybridized carbons (Fsp3) is 0.600. The van der Waals surface area contributed by atoms with Crippen LogP contribution in [0.2, 0.25) is 0 Å². The number of aromatic nitrogens is 1. The van der Waals surface area contributed by atoms with Gasteiger partial charge in [0.15, 0.2) is 0 Å². The Morgan fingerprint density at radius 1 is 1.02 bits per heavy atom. The van der Waals surface area contributed by atoms with Gasteiger partial charge in [0.2, 0.25) is 11.8 Å². The Labute approximate surface area is 243 Å². The molecule has 6 heteroatoms. The van der Waals surface area contributed by atoms with Gasteiger partial charge in [-0.05, 0) is 118 Å². The van der Waals surface area contributed by atoms with Crippen LogP contribution in [-0.2, 0) is 16.1 Å². The minimum Gasteiger partial charge on any atom is -0.467 e. The molecule has 5 aliphatic rings. The highest BCUT2D eigenvalue weighted by Gasteiger charge is 2.60. The summed E-state index contributed by atoms with van der Waals surface area (Å²) in [6, 6.07) is 12.2. The average molecular weight is 556 g/mol. The number of furan rings is 1. The van der Waals surface area contributed by atoms with E-state index in [2.05, 4.69) is 55.3 Å². The summed E-state index contributed by atoms with van der Waals surface area (Å²) in [5, 5.41) is 4.81. The molecule has 2 amide bonds. The van der Waals surface area contributed by atoms with Gasteiger partial charge >= 0.3 is 0 Å². The fourth-order valence-electron chi connectivity index (χ4n) is 9.63. The van der Waals surface area contributed by atoms with Crippen LogP contribution in [0.5, 0.6) is 0 Å². The van der Waals surface area contributed by atoms with Crippen molar-refractivity contribution in [1.82, 2.24) is 15.2 Å². The van der Waals surface area contributed by atoms with Crippen molar-refractivity contribution in [1.29, 1.82) is 0 Å². The van der Waals surface area contributed by atoms with E-state index >= 15 is 0 Å². The van der Waals surface area contributed by atoms with Gasteiger partial charge in [0.05, 0.1) is 12.8 Å². The Balaban J connectivity index is 1.13. The predicted molar refractivity (Wildman–Crippen MR) is 160 cm³/mol. The number of aryl methyl sites for hydroxylation is 1. The molecule has 5 saturated carbocycles. The minimum absolute atomic E-state index is 0.00661. The van der Waals surface area contributed by atoms with Gasteiger partial charge in [-0.3, -0.25) is 9.59 Å². The zero-order valence-corrected chi connectivity index (χ0v) is 25.3. The van der Waals surface area contributed by atoms with Crippen LogP contribution in [-0.4, -0.2) is 32.8 Å². The lowest BCUT2D eigenvalue weighted by Gasteiger charge is -2.57. The van der Waals surface area contributed by atoms with Crippen molar-refractivity contribution in [3.8, 4) is 0 Å². The highest BCUT2D eigenvalue weighted by Crippen LogP contribution is 2.67. The highest BCUT2D eigenvalue weighted by molar-refractivity contribution is 5.92. The molecule has 5 fully saturated rings. The van der Waals surface area contributed by atoms with Crippen molar-refractivity contribution >= 4 is 22.7 Å². The summed E-state index contributed by atoms with van der Waals surface area (Å²) in [5.74, 6) is 3.41. The van der Waals surface area contributed by atoms with Crippen molar-refractivity contribution in [2.75, 3.05) is 0 Å². The van der Waals surface area contributed by atoms with Gasteiger partial charge in [0.25, 0.3) is 0 Å². The van der Waals surface area contributed by atoms with Gasteiger partial charge in [-0.15, -0.1) is 0 Å². The maximum Gasteiger partial charge on any atom is 0.245 e. The first kappa shape index (κ1) is 26.9. The van der Waals surface area contributed by atoms with Crippen molar-refractivity contribution in [2.24, 2.45) is 29.1 Å². The van der Waals surface area contributed by atoms with Crippen LogP contribution >= 0.6 is 0 Å². The molecule has 2 aromatic heterocycles. The Morgan fingerprint density at radius 2 is 1.68 bits per heavy atom. The maximum atomic E-state index is 14.3. The number of carbonyl (C=O) groups excluding carboxylic acids is 2. The maximum absolute atomic E-state index is 14.3. The normalized spacial score (nSPS) is 31.4. The average Bonchev–Trinajstić information content (AvgIpc) is 3.27. The number of benzene rings is 1. The van der Waals surface area contributed by atoms with E-state index in [1.54, 1.807) is 11.2 Å². The van der Waals surface area contributed by atoms with Gasteiger partial charge in [-0.25, -0.2) is 0 Å². The second-order valence-corrected chi connectivity index (χ2v) is 15.1. The Hall–Kier alpha value is -3.02. The molecule has 3 aromatic rings. The molecule has 1 aromatic carbocycles. The molecule has 41 heavy (non-hydrogen) atoms. The molecule has 4 bridgehead atoms. The number of carbonyl (C=O) groups is 2. The van der Waals surface area contributed by atoms with Crippen molar-refractivity contribution in [3.05, 3.63) is 59.7 Å². The molecule has 2 atom stereocenters. The molecule has 0 unspecified atom stereocenters. The minimum atomic E-state index is -1.00. The summed E-state index contributed by atoms with van der Waals surface area (Å²) >= 11 is 0. The van der Waals surface area contributed by atoms with Gasteiger partial charge in [-0.2, -0.15) is 0 Å². The predicted octanol–water partition coefficient (Wildman–Crippen LogP) is 7.09. The first-order valence-corrected chi connectivity index (χ1v) is 15.7. The van der Waals surface area contributed by atoms with E-state index in [1.807, 2.05) is 26.0 Å². The monoisotopic (exact) mass is 555 g/mol. The molecule has 0 aliphatic heterocycles. The first-order valence-electron chi connectivity index (χ1n) is 15.7. The SMILES string of the molecule is Cc1[nH]c2ccccc2c1[C@H]1[C@H](CC(=O)N(Cc2ccco2)C(C)(C)C(=O)NC23CC4CC(CC(C4)C2)C3)C1(C)C. The lowest BCUT2D eigenvalue weighted by Crippen LogP contribution is -2.65.